The van der Waals surface area contributed by atoms with Crippen LogP contribution in [0.25, 0.3) is 0 Å². The number of aromatic nitrogens is 2. The van der Waals surface area contributed by atoms with Crippen LogP contribution in [0.2, 0.25) is 0 Å². The fraction of sp³-hybridized carbons (Fsp3) is 0.700. The van der Waals surface area contributed by atoms with Gasteiger partial charge in [-0.15, -0.1) is 0 Å². The van der Waals surface area contributed by atoms with E-state index in [0.29, 0.717) is 17.8 Å². The molecule has 5 heteroatoms. The molecule has 2 rings (SSSR count). The van der Waals surface area contributed by atoms with Gasteiger partial charge in [0.15, 0.2) is 5.82 Å². The van der Waals surface area contributed by atoms with Crippen LogP contribution in [0, 0.1) is 0 Å². The predicted octanol–water partition coefficient (Wildman–Crippen LogP) is 0.982. The molecule has 0 bridgehead atoms. The highest BCUT2D eigenvalue weighted by Gasteiger charge is 2.20. The van der Waals surface area contributed by atoms with Crippen molar-refractivity contribution in [3.05, 3.63) is 6.20 Å². The summed E-state index contributed by atoms with van der Waals surface area (Å²) in [5.74, 6) is 0.789. The zero-order chi connectivity index (χ0) is 10.8. The van der Waals surface area contributed by atoms with E-state index in [4.69, 9.17) is 10.5 Å². The molecule has 84 valence electrons. The van der Waals surface area contributed by atoms with E-state index in [9.17, 15) is 0 Å². The smallest absolute Gasteiger partial charge is 0.171 e. The zero-order valence-electron chi connectivity index (χ0n) is 9.23. The summed E-state index contributed by atoms with van der Waals surface area (Å²) in [6.45, 7) is 2.90. The molecule has 1 fully saturated rings. The van der Waals surface area contributed by atoms with Gasteiger partial charge in [0.1, 0.15) is 0 Å². The average Bonchev–Trinajstić information content (AvgIpc) is 2.45. The fourth-order valence-electron chi connectivity index (χ4n) is 1.94. The van der Waals surface area contributed by atoms with Crippen LogP contribution in [0.1, 0.15) is 19.8 Å². The number of anilines is 2. The van der Waals surface area contributed by atoms with Gasteiger partial charge in [0.2, 0.25) is 0 Å². The molecule has 1 aliphatic rings. The Morgan fingerprint density at radius 1 is 1.67 bits per heavy atom. The second kappa shape index (κ2) is 4.10. The third-order valence-corrected chi connectivity index (χ3v) is 2.68. The van der Waals surface area contributed by atoms with Crippen LogP contribution in [0.4, 0.5) is 11.5 Å². The Labute approximate surface area is 89.6 Å². The van der Waals surface area contributed by atoms with Crippen LogP contribution >= 0.6 is 0 Å². The Bertz CT molecular complexity index is 336. The lowest BCUT2D eigenvalue weighted by Gasteiger charge is -2.28. The number of nitrogen functional groups attached to an aromatic ring is 1. The normalized spacial score (nSPS) is 26.5. The number of nitrogens with one attached hydrogen (secondary N) is 1. The molecule has 1 saturated heterocycles. The van der Waals surface area contributed by atoms with Gasteiger partial charge in [-0.1, -0.05) is 0 Å². The molecular formula is C10H18N4O. The van der Waals surface area contributed by atoms with E-state index in [1.54, 1.807) is 4.68 Å². The number of hydrogen-bond acceptors (Lipinski definition) is 4. The summed E-state index contributed by atoms with van der Waals surface area (Å²) in [7, 11) is 1.87. The molecular weight excluding hydrogens is 192 g/mol. The summed E-state index contributed by atoms with van der Waals surface area (Å²) in [5, 5.41) is 7.63. The van der Waals surface area contributed by atoms with Gasteiger partial charge < -0.3 is 15.8 Å². The van der Waals surface area contributed by atoms with E-state index in [2.05, 4.69) is 17.3 Å². The molecule has 1 aliphatic heterocycles. The first-order valence-corrected chi connectivity index (χ1v) is 5.32. The van der Waals surface area contributed by atoms with Gasteiger partial charge in [-0.25, -0.2) is 0 Å². The third-order valence-electron chi connectivity index (χ3n) is 2.68. The predicted molar refractivity (Wildman–Crippen MR) is 59.7 cm³/mol. The number of rotatable bonds is 2. The molecule has 2 atom stereocenters. The maximum atomic E-state index is 5.82. The molecule has 15 heavy (non-hydrogen) atoms. The largest absolute Gasteiger partial charge is 0.394 e. The highest BCUT2D eigenvalue weighted by molar-refractivity contribution is 5.60. The van der Waals surface area contributed by atoms with Crippen molar-refractivity contribution in [2.45, 2.75) is 31.9 Å². The van der Waals surface area contributed by atoms with Gasteiger partial charge in [-0.05, 0) is 19.8 Å². The van der Waals surface area contributed by atoms with Gasteiger partial charge in [0.05, 0.1) is 11.8 Å². The van der Waals surface area contributed by atoms with Crippen LogP contribution in [-0.4, -0.2) is 28.5 Å². The maximum Gasteiger partial charge on any atom is 0.171 e. The van der Waals surface area contributed by atoms with Crippen LogP contribution in [0.3, 0.4) is 0 Å². The molecule has 0 saturated carbocycles. The minimum absolute atomic E-state index is 0.321. The van der Waals surface area contributed by atoms with E-state index in [1.165, 1.54) is 0 Å². The van der Waals surface area contributed by atoms with Crippen LogP contribution in [-0.2, 0) is 11.8 Å². The van der Waals surface area contributed by atoms with E-state index in [0.717, 1.165) is 25.3 Å². The van der Waals surface area contributed by atoms with Gasteiger partial charge in [-0.3, -0.25) is 4.68 Å². The summed E-state index contributed by atoms with van der Waals surface area (Å²) < 4.78 is 7.21. The van der Waals surface area contributed by atoms with Crippen LogP contribution in [0.15, 0.2) is 6.20 Å². The topological polar surface area (TPSA) is 65.1 Å². The summed E-state index contributed by atoms with van der Waals surface area (Å²) in [6.07, 6.45) is 4.16. The Morgan fingerprint density at radius 3 is 3.07 bits per heavy atom. The van der Waals surface area contributed by atoms with E-state index < -0.39 is 0 Å². The van der Waals surface area contributed by atoms with Crippen molar-refractivity contribution >= 4 is 11.5 Å². The molecule has 1 aromatic rings. The molecule has 0 spiro atoms. The van der Waals surface area contributed by atoms with Crippen LogP contribution < -0.4 is 11.1 Å². The van der Waals surface area contributed by atoms with Gasteiger partial charge in [-0.2, -0.15) is 5.10 Å². The zero-order valence-corrected chi connectivity index (χ0v) is 9.23. The number of nitrogens with two attached hydrogens (primary N) is 1. The Morgan fingerprint density at radius 2 is 2.47 bits per heavy atom. The first kappa shape index (κ1) is 10.3. The molecule has 2 heterocycles. The standard InChI is InChI=1S/C10H18N4O/c1-7-5-8(3-4-15-7)12-10-9(11)6-14(2)13-10/h6-8H,3-5,11H2,1-2H3,(H,12,13). The first-order valence-electron chi connectivity index (χ1n) is 5.32. The number of nitrogens with zero attached hydrogens (tertiary/aromatic N) is 2. The fourth-order valence-corrected chi connectivity index (χ4v) is 1.94. The number of aryl methyl sites for hydroxylation is 1. The molecule has 5 nitrogen and oxygen atoms in total. The first-order chi connectivity index (χ1) is 7.15. The maximum absolute atomic E-state index is 5.82. The minimum atomic E-state index is 0.321. The number of hydrogen-bond donors (Lipinski definition) is 2. The monoisotopic (exact) mass is 210 g/mol. The van der Waals surface area contributed by atoms with E-state index in [1.807, 2.05) is 13.2 Å². The number of ether oxygens (including phenoxy) is 1. The summed E-state index contributed by atoms with van der Waals surface area (Å²) in [4.78, 5) is 0. The van der Waals surface area contributed by atoms with Crippen molar-refractivity contribution < 1.29 is 4.74 Å². The Kier molecular flexibility index (Phi) is 2.81. The summed E-state index contributed by atoms with van der Waals surface area (Å²) in [5.41, 5.74) is 6.52. The molecule has 0 aliphatic carbocycles. The second-order valence-corrected chi connectivity index (χ2v) is 4.15. The molecule has 0 radical (unpaired) electrons. The summed E-state index contributed by atoms with van der Waals surface area (Å²) in [6, 6.07) is 0.422. The Balaban J connectivity index is 1.99. The molecule has 0 aromatic carbocycles. The molecule has 3 N–H and O–H groups in total. The molecule has 2 unspecified atom stereocenters. The lowest BCUT2D eigenvalue weighted by Crippen LogP contribution is -2.32. The Hall–Kier alpha value is -1.23. The van der Waals surface area contributed by atoms with E-state index in [-0.39, 0.29) is 0 Å². The van der Waals surface area contributed by atoms with Crippen LogP contribution in [0.5, 0.6) is 0 Å². The minimum Gasteiger partial charge on any atom is -0.394 e. The van der Waals surface area contributed by atoms with Crippen molar-refractivity contribution in [1.82, 2.24) is 9.78 Å². The lowest BCUT2D eigenvalue weighted by molar-refractivity contribution is 0.0232. The highest BCUT2D eigenvalue weighted by Crippen LogP contribution is 2.21. The van der Waals surface area contributed by atoms with Gasteiger partial charge in [0.25, 0.3) is 0 Å². The average molecular weight is 210 g/mol. The SMILES string of the molecule is CC1CC(Nc2nn(C)cc2N)CCO1. The third kappa shape index (κ3) is 2.41. The molecule has 0 amide bonds. The quantitative estimate of drug-likeness (QED) is 0.763. The highest BCUT2D eigenvalue weighted by atomic mass is 16.5. The van der Waals surface area contributed by atoms with Gasteiger partial charge in [0, 0.05) is 25.9 Å². The van der Waals surface area contributed by atoms with Crippen molar-refractivity contribution in [3.63, 3.8) is 0 Å². The summed E-state index contributed by atoms with van der Waals surface area (Å²) >= 11 is 0. The second-order valence-electron chi connectivity index (χ2n) is 4.15. The van der Waals surface area contributed by atoms with Crippen molar-refractivity contribution in [1.29, 1.82) is 0 Å². The molecule has 1 aromatic heterocycles. The lowest BCUT2D eigenvalue weighted by atomic mass is 10.0. The van der Waals surface area contributed by atoms with E-state index >= 15 is 0 Å². The van der Waals surface area contributed by atoms with Crippen molar-refractivity contribution in [3.8, 4) is 0 Å². The van der Waals surface area contributed by atoms with Gasteiger partial charge >= 0.3 is 0 Å². The van der Waals surface area contributed by atoms with Crippen molar-refractivity contribution in [2.24, 2.45) is 7.05 Å². The van der Waals surface area contributed by atoms with Crippen molar-refractivity contribution in [2.75, 3.05) is 17.7 Å².